The first-order valence-corrected chi connectivity index (χ1v) is 7.10. The number of nitrogens with zero attached hydrogens (tertiary/aromatic N) is 1. The Morgan fingerprint density at radius 1 is 1.53 bits per heavy atom. The highest BCUT2D eigenvalue weighted by atomic mass is 35.5. The first-order chi connectivity index (χ1) is 8.97. The van der Waals surface area contributed by atoms with Crippen molar-refractivity contribution >= 4 is 17.4 Å². The van der Waals surface area contributed by atoms with Gasteiger partial charge in [0.25, 0.3) is 0 Å². The number of rotatable bonds is 3. The molecule has 1 aliphatic rings. The van der Waals surface area contributed by atoms with E-state index in [9.17, 15) is 9.90 Å². The molecule has 0 bridgehead atoms. The molecule has 1 aliphatic heterocycles. The number of aromatic hydroxyl groups is 1. The molecule has 1 atom stereocenters. The first-order valence-electron chi connectivity index (χ1n) is 6.72. The fourth-order valence-corrected chi connectivity index (χ4v) is 2.96. The van der Waals surface area contributed by atoms with Crippen LogP contribution in [-0.2, 0) is 6.54 Å². The summed E-state index contributed by atoms with van der Waals surface area (Å²) in [5.74, 6) is 0.603. The van der Waals surface area contributed by atoms with Crippen LogP contribution in [0, 0.1) is 5.92 Å². The summed E-state index contributed by atoms with van der Waals surface area (Å²) in [5, 5.41) is 10.7. The molecule has 19 heavy (non-hydrogen) atoms. The fraction of sp³-hybridized carbons (Fsp3) is 0.533. The number of phenols is 1. The standard InChI is InChI=1S/C15H20ClNO2/c1-10-4-3-5-17(8-10)9-12-6-13(16)7-14(11(2)18)15(12)19/h6-7,10,19H,3-5,8-9H2,1-2H3. The average Bonchev–Trinajstić information content (AvgIpc) is 2.33. The van der Waals surface area contributed by atoms with Gasteiger partial charge in [0.15, 0.2) is 5.78 Å². The predicted octanol–water partition coefficient (Wildman–Crippen LogP) is 3.48. The lowest BCUT2D eigenvalue weighted by molar-refractivity contribution is 0.101. The van der Waals surface area contributed by atoms with Gasteiger partial charge in [0.1, 0.15) is 5.75 Å². The van der Waals surface area contributed by atoms with E-state index >= 15 is 0 Å². The van der Waals surface area contributed by atoms with Gasteiger partial charge in [-0.15, -0.1) is 0 Å². The molecule has 1 fully saturated rings. The number of phenolic OH excluding ortho intramolecular Hbond substituents is 1. The van der Waals surface area contributed by atoms with Gasteiger partial charge in [-0.05, 0) is 44.4 Å². The predicted molar refractivity (Wildman–Crippen MR) is 76.8 cm³/mol. The summed E-state index contributed by atoms with van der Waals surface area (Å²) in [5.41, 5.74) is 1.05. The minimum absolute atomic E-state index is 0.0788. The Bertz CT molecular complexity index is 487. The molecule has 1 saturated heterocycles. The number of carbonyl (C=O) groups excluding carboxylic acids is 1. The number of halogens is 1. The molecule has 0 amide bonds. The van der Waals surface area contributed by atoms with Crippen molar-refractivity contribution in [3.63, 3.8) is 0 Å². The highest BCUT2D eigenvalue weighted by Crippen LogP contribution is 2.29. The van der Waals surface area contributed by atoms with E-state index in [-0.39, 0.29) is 11.5 Å². The van der Waals surface area contributed by atoms with Crippen LogP contribution >= 0.6 is 11.6 Å². The lowest BCUT2D eigenvalue weighted by atomic mass is 9.99. The summed E-state index contributed by atoms with van der Waals surface area (Å²) in [4.78, 5) is 13.8. The van der Waals surface area contributed by atoms with E-state index in [2.05, 4.69) is 11.8 Å². The maximum atomic E-state index is 11.5. The molecule has 0 aromatic heterocycles. The second kappa shape index (κ2) is 5.93. The van der Waals surface area contributed by atoms with Crippen LogP contribution in [-0.4, -0.2) is 28.9 Å². The number of ketones is 1. The maximum absolute atomic E-state index is 11.5. The maximum Gasteiger partial charge on any atom is 0.163 e. The molecule has 0 saturated carbocycles. The zero-order valence-corrected chi connectivity index (χ0v) is 12.2. The molecule has 0 aliphatic carbocycles. The Hall–Kier alpha value is -1.06. The van der Waals surface area contributed by atoms with Gasteiger partial charge in [0, 0.05) is 23.7 Å². The lowest BCUT2D eigenvalue weighted by Crippen LogP contribution is -2.33. The second-order valence-corrected chi connectivity index (χ2v) is 5.94. The number of Topliss-reactive ketones (excluding diaryl/α,β-unsaturated/α-hetero) is 1. The van der Waals surface area contributed by atoms with Crippen molar-refractivity contribution in [1.29, 1.82) is 0 Å². The summed E-state index contributed by atoms with van der Waals surface area (Å²) in [6, 6.07) is 3.28. The number of piperidine rings is 1. The molecule has 1 aromatic rings. The Morgan fingerprint density at radius 2 is 2.26 bits per heavy atom. The Kier molecular flexibility index (Phi) is 4.48. The average molecular weight is 282 g/mol. The minimum Gasteiger partial charge on any atom is -0.507 e. The summed E-state index contributed by atoms with van der Waals surface area (Å²) in [7, 11) is 0. The fourth-order valence-electron chi connectivity index (χ4n) is 2.72. The van der Waals surface area contributed by atoms with Crippen molar-refractivity contribution in [2.45, 2.75) is 33.2 Å². The number of hydrogen-bond donors (Lipinski definition) is 1. The van der Waals surface area contributed by atoms with Crippen LogP contribution in [0.2, 0.25) is 5.02 Å². The van der Waals surface area contributed by atoms with Gasteiger partial charge >= 0.3 is 0 Å². The zero-order valence-electron chi connectivity index (χ0n) is 11.4. The van der Waals surface area contributed by atoms with Gasteiger partial charge in [-0.2, -0.15) is 0 Å². The van der Waals surface area contributed by atoms with Crippen LogP contribution in [0.4, 0.5) is 0 Å². The smallest absolute Gasteiger partial charge is 0.163 e. The van der Waals surface area contributed by atoms with Crippen LogP contribution in [0.3, 0.4) is 0 Å². The van der Waals surface area contributed by atoms with Gasteiger partial charge < -0.3 is 5.11 Å². The van der Waals surface area contributed by atoms with E-state index in [1.54, 1.807) is 6.07 Å². The SMILES string of the molecule is CC(=O)c1cc(Cl)cc(CN2CCCC(C)C2)c1O. The third-order valence-electron chi connectivity index (χ3n) is 3.67. The Labute approximate surface area is 119 Å². The van der Waals surface area contributed by atoms with Crippen molar-refractivity contribution in [2.24, 2.45) is 5.92 Å². The summed E-state index contributed by atoms with van der Waals surface area (Å²) in [6.07, 6.45) is 2.44. The van der Waals surface area contributed by atoms with Crippen LogP contribution in [0.5, 0.6) is 5.75 Å². The molecule has 1 aromatic carbocycles. The third-order valence-corrected chi connectivity index (χ3v) is 3.89. The van der Waals surface area contributed by atoms with Crippen molar-refractivity contribution in [3.05, 3.63) is 28.3 Å². The second-order valence-electron chi connectivity index (χ2n) is 5.50. The molecule has 104 valence electrons. The van der Waals surface area contributed by atoms with Crippen molar-refractivity contribution < 1.29 is 9.90 Å². The van der Waals surface area contributed by atoms with E-state index < -0.39 is 0 Å². The molecule has 4 heteroatoms. The van der Waals surface area contributed by atoms with Crippen LogP contribution in [0.15, 0.2) is 12.1 Å². The summed E-state index contributed by atoms with van der Waals surface area (Å²) < 4.78 is 0. The lowest BCUT2D eigenvalue weighted by Gasteiger charge is -2.31. The van der Waals surface area contributed by atoms with Gasteiger partial charge in [-0.1, -0.05) is 18.5 Å². The van der Waals surface area contributed by atoms with Crippen LogP contribution in [0.1, 0.15) is 42.6 Å². The minimum atomic E-state index is -0.159. The molecule has 3 nitrogen and oxygen atoms in total. The first kappa shape index (κ1) is 14.4. The largest absolute Gasteiger partial charge is 0.507 e. The van der Waals surface area contributed by atoms with E-state index in [0.29, 0.717) is 23.0 Å². The number of hydrogen-bond acceptors (Lipinski definition) is 3. The van der Waals surface area contributed by atoms with Crippen LogP contribution < -0.4 is 0 Å². The summed E-state index contributed by atoms with van der Waals surface area (Å²) >= 11 is 6.03. The Morgan fingerprint density at radius 3 is 2.89 bits per heavy atom. The monoisotopic (exact) mass is 281 g/mol. The van der Waals surface area contributed by atoms with E-state index in [4.69, 9.17) is 11.6 Å². The van der Waals surface area contributed by atoms with E-state index in [1.807, 2.05) is 0 Å². The summed E-state index contributed by atoms with van der Waals surface area (Å²) in [6.45, 7) is 6.40. The molecule has 2 rings (SSSR count). The molecule has 1 N–H and O–H groups in total. The Balaban J connectivity index is 2.22. The van der Waals surface area contributed by atoms with Gasteiger partial charge in [-0.25, -0.2) is 0 Å². The molecule has 0 radical (unpaired) electrons. The highest BCUT2D eigenvalue weighted by Gasteiger charge is 2.19. The van der Waals surface area contributed by atoms with Crippen molar-refractivity contribution in [3.8, 4) is 5.75 Å². The molecule has 0 spiro atoms. The third kappa shape index (κ3) is 3.48. The van der Waals surface area contributed by atoms with Gasteiger partial charge in [0.05, 0.1) is 5.56 Å². The van der Waals surface area contributed by atoms with Gasteiger partial charge in [-0.3, -0.25) is 9.69 Å². The normalized spacial score (nSPS) is 20.5. The zero-order chi connectivity index (χ0) is 14.0. The molecule has 1 heterocycles. The highest BCUT2D eigenvalue weighted by molar-refractivity contribution is 6.31. The molecule has 1 unspecified atom stereocenters. The van der Waals surface area contributed by atoms with E-state index in [1.165, 1.54) is 25.8 Å². The quantitative estimate of drug-likeness (QED) is 0.863. The van der Waals surface area contributed by atoms with Crippen molar-refractivity contribution in [2.75, 3.05) is 13.1 Å². The molecular weight excluding hydrogens is 262 g/mol. The van der Waals surface area contributed by atoms with Gasteiger partial charge in [0.2, 0.25) is 0 Å². The van der Waals surface area contributed by atoms with Crippen molar-refractivity contribution in [1.82, 2.24) is 4.90 Å². The number of carbonyl (C=O) groups is 1. The van der Waals surface area contributed by atoms with Crippen LogP contribution in [0.25, 0.3) is 0 Å². The number of benzene rings is 1. The molecular formula is C15H20ClNO2. The number of likely N-dealkylation sites (tertiary alicyclic amines) is 1. The topological polar surface area (TPSA) is 40.5 Å². The van der Waals surface area contributed by atoms with E-state index in [0.717, 1.165) is 18.7 Å².